The number of hydrogen-bond donors (Lipinski definition) is 2. The van der Waals surface area contributed by atoms with Gasteiger partial charge in [-0.25, -0.2) is 13.1 Å². The smallest absolute Gasteiger partial charge is 0.250 e. The fourth-order valence-corrected chi connectivity index (χ4v) is 4.84. The maximum atomic E-state index is 12.1. The molecule has 1 fully saturated rings. The molecule has 2 atom stereocenters. The Hall–Kier alpha value is -0.500. The van der Waals surface area contributed by atoms with E-state index in [0.29, 0.717) is 10.8 Å². The molecular formula is C11H16N2O2S3. The van der Waals surface area contributed by atoms with Crippen LogP contribution in [0.5, 0.6) is 0 Å². The predicted octanol–water partition coefficient (Wildman–Crippen LogP) is 1.85. The van der Waals surface area contributed by atoms with Gasteiger partial charge < -0.3 is 5.73 Å². The quantitative estimate of drug-likeness (QED) is 0.833. The number of nitrogens with one attached hydrogen (secondary N) is 1. The van der Waals surface area contributed by atoms with Crippen LogP contribution in [0.3, 0.4) is 0 Å². The van der Waals surface area contributed by atoms with Gasteiger partial charge in [0.1, 0.15) is 9.20 Å². The highest BCUT2D eigenvalue weighted by atomic mass is 32.2. The normalized spacial score (nSPS) is 24.3. The number of rotatable bonds is 4. The molecule has 0 radical (unpaired) electrons. The Morgan fingerprint density at radius 1 is 1.50 bits per heavy atom. The lowest BCUT2D eigenvalue weighted by Crippen LogP contribution is -2.32. The molecule has 1 aromatic heterocycles. The number of thiocarbonyl (C=S) groups is 1. The van der Waals surface area contributed by atoms with E-state index in [4.69, 9.17) is 18.0 Å². The van der Waals surface area contributed by atoms with E-state index in [-0.39, 0.29) is 15.2 Å². The summed E-state index contributed by atoms with van der Waals surface area (Å²) in [6.45, 7) is 2.14. The second-order valence-electron chi connectivity index (χ2n) is 4.72. The minimum absolute atomic E-state index is 0.0559. The van der Waals surface area contributed by atoms with Crippen LogP contribution in [-0.2, 0) is 10.0 Å². The summed E-state index contributed by atoms with van der Waals surface area (Å²) < 4.78 is 27.3. The van der Waals surface area contributed by atoms with Gasteiger partial charge in [-0.05, 0) is 37.3 Å². The molecule has 1 saturated carbocycles. The molecule has 1 aliphatic carbocycles. The molecule has 4 nitrogen and oxygen atoms in total. The number of nitrogens with two attached hydrogens (primary N) is 1. The van der Waals surface area contributed by atoms with E-state index in [1.165, 1.54) is 0 Å². The summed E-state index contributed by atoms with van der Waals surface area (Å²) in [5.74, 6) is 0.591. The Bertz CT molecular complexity index is 550. The highest BCUT2D eigenvalue weighted by molar-refractivity contribution is 7.91. The summed E-state index contributed by atoms with van der Waals surface area (Å²) in [5, 5.41) is 0. The van der Waals surface area contributed by atoms with Crippen LogP contribution in [0.1, 0.15) is 31.1 Å². The fourth-order valence-electron chi connectivity index (χ4n) is 2.19. The molecule has 1 aromatic rings. The topological polar surface area (TPSA) is 72.2 Å². The predicted molar refractivity (Wildman–Crippen MR) is 77.3 cm³/mol. The molecule has 18 heavy (non-hydrogen) atoms. The zero-order chi connectivity index (χ0) is 13.3. The molecular weight excluding hydrogens is 288 g/mol. The van der Waals surface area contributed by atoms with Gasteiger partial charge in [-0.3, -0.25) is 0 Å². The lowest BCUT2D eigenvalue weighted by Gasteiger charge is -2.11. The van der Waals surface area contributed by atoms with Crippen molar-refractivity contribution >= 4 is 38.6 Å². The van der Waals surface area contributed by atoms with Crippen molar-refractivity contribution in [3.8, 4) is 0 Å². The largest absolute Gasteiger partial charge is 0.389 e. The molecule has 2 rings (SSSR count). The Morgan fingerprint density at radius 3 is 2.72 bits per heavy atom. The van der Waals surface area contributed by atoms with E-state index in [2.05, 4.69) is 11.6 Å². The summed E-state index contributed by atoms with van der Waals surface area (Å²) in [7, 11) is -3.43. The van der Waals surface area contributed by atoms with Crippen LogP contribution in [-0.4, -0.2) is 19.4 Å². The van der Waals surface area contributed by atoms with Crippen molar-refractivity contribution < 1.29 is 8.42 Å². The van der Waals surface area contributed by atoms with Gasteiger partial charge in [-0.15, -0.1) is 11.3 Å². The first kappa shape index (κ1) is 13.9. The van der Waals surface area contributed by atoms with Crippen LogP contribution in [0.4, 0.5) is 0 Å². The Balaban J connectivity index is 2.12. The molecule has 2 unspecified atom stereocenters. The van der Waals surface area contributed by atoms with Crippen molar-refractivity contribution in [1.29, 1.82) is 0 Å². The van der Waals surface area contributed by atoms with E-state index >= 15 is 0 Å². The second-order valence-corrected chi connectivity index (χ2v) is 8.18. The van der Waals surface area contributed by atoms with Crippen molar-refractivity contribution in [2.45, 2.75) is 36.4 Å². The lowest BCUT2D eigenvalue weighted by molar-refractivity contribution is 0.540. The Morgan fingerprint density at radius 2 is 2.22 bits per heavy atom. The molecule has 7 heteroatoms. The zero-order valence-electron chi connectivity index (χ0n) is 10.0. The third kappa shape index (κ3) is 3.09. The van der Waals surface area contributed by atoms with Crippen LogP contribution in [0.2, 0.25) is 0 Å². The van der Waals surface area contributed by atoms with Gasteiger partial charge >= 0.3 is 0 Å². The Labute approximate surface area is 117 Å². The zero-order valence-corrected chi connectivity index (χ0v) is 12.5. The first-order chi connectivity index (χ1) is 8.38. The van der Waals surface area contributed by atoms with Crippen molar-refractivity contribution in [2.75, 3.05) is 0 Å². The van der Waals surface area contributed by atoms with Gasteiger partial charge in [0.25, 0.3) is 0 Å². The van der Waals surface area contributed by atoms with E-state index < -0.39 is 10.0 Å². The summed E-state index contributed by atoms with van der Waals surface area (Å²) in [5.41, 5.74) is 5.48. The Kier molecular flexibility index (Phi) is 4.05. The van der Waals surface area contributed by atoms with Crippen LogP contribution in [0, 0.1) is 5.92 Å². The first-order valence-corrected chi connectivity index (χ1v) is 8.51. The highest BCUT2D eigenvalue weighted by Crippen LogP contribution is 2.27. The minimum atomic E-state index is -3.43. The molecule has 1 aliphatic rings. The standard InChI is InChI=1S/C11H16N2O2S3/c1-7-2-3-8(6-7)13-18(14,15)10-5-4-9(17-10)11(12)16/h4-5,7-8,13H,2-3,6H2,1H3,(H2,12,16). The molecule has 1 heterocycles. The molecule has 0 aliphatic heterocycles. The van der Waals surface area contributed by atoms with Crippen molar-refractivity contribution in [1.82, 2.24) is 4.72 Å². The SMILES string of the molecule is CC1CCC(NS(=O)(=O)c2ccc(C(N)=S)s2)C1. The average molecular weight is 304 g/mol. The highest BCUT2D eigenvalue weighted by Gasteiger charge is 2.27. The minimum Gasteiger partial charge on any atom is -0.389 e. The molecule has 0 saturated heterocycles. The monoisotopic (exact) mass is 304 g/mol. The molecule has 100 valence electrons. The molecule has 0 amide bonds. The molecule has 0 aromatic carbocycles. The van der Waals surface area contributed by atoms with E-state index in [9.17, 15) is 8.42 Å². The molecule has 3 N–H and O–H groups in total. The summed E-state index contributed by atoms with van der Waals surface area (Å²) in [6.07, 6.45) is 2.90. The van der Waals surface area contributed by atoms with E-state index in [1.54, 1.807) is 12.1 Å². The van der Waals surface area contributed by atoms with Gasteiger partial charge in [0.15, 0.2) is 0 Å². The van der Waals surface area contributed by atoms with Gasteiger partial charge in [0, 0.05) is 6.04 Å². The third-order valence-corrected chi connectivity index (χ3v) is 6.59. The van der Waals surface area contributed by atoms with E-state index in [0.717, 1.165) is 30.6 Å². The van der Waals surface area contributed by atoms with Crippen LogP contribution in [0.25, 0.3) is 0 Å². The number of hydrogen-bond acceptors (Lipinski definition) is 4. The first-order valence-electron chi connectivity index (χ1n) is 5.80. The summed E-state index contributed by atoms with van der Waals surface area (Å²) in [4.78, 5) is 0.862. The number of sulfonamides is 1. The average Bonchev–Trinajstić information content (AvgIpc) is 2.86. The van der Waals surface area contributed by atoms with Crippen molar-refractivity contribution in [2.24, 2.45) is 11.7 Å². The maximum Gasteiger partial charge on any atom is 0.250 e. The van der Waals surface area contributed by atoms with Gasteiger partial charge in [0.05, 0.1) is 4.88 Å². The van der Waals surface area contributed by atoms with Gasteiger partial charge in [-0.2, -0.15) is 0 Å². The van der Waals surface area contributed by atoms with Gasteiger partial charge in [-0.1, -0.05) is 19.1 Å². The lowest BCUT2D eigenvalue weighted by atomic mass is 10.1. The van der Waals surface area contributed by atoms with Gasteiger partial charge in [0.2, 0.25) is 10.0 Å². The maximum absolute atomic E-state index is 12.1. The summed E-state index contributed by atoms with van der Waals surface area (Å²) >= 11 is 5.95. The molecule has 0 bridgehead atoms. The van der Waals surface area contributed by atoms with Crippen LogP contribution in [0.15, 0.2) is 16.3 Å². The van der Waals surface area contributed by atoms with Crippen molar-refractivity contribution in [3.05, 3.63) is 17.0 Å². The fraction of sp³-hybridized carbons (Fsp3) is 0.545. The second kappa shape index (κ2) is 5.24. The third-order valence-electron chi connectivity index (χ3n) is 3.11. The number of thiophene rings is 1. The van der Waals surface area contributed by atoms with E-state index in [1.807, 2.05) is 0 Å². The summed E-state index contributed by atoms with van der Waals surface area (Å²) in [6, 6.07) is 3.26. The molecule has 0 spiro atoms. The van der Waals surface area contributed by atoms with Crippen LogP contribution < -0.4 is 10.5 Å². The van der Waals surface area contributed by atoms with Crippen molar-refractivity contribution in [3.63, 3.8) is 0 Å². The van der Waals surface area contributed by atoms with Crippen LogP contribution >= 0.6 is 23.6 Å².